The molecular formula is C24H28N2O2. The van der Waals surface area contributed by atoms with Crippen molar-refractivity contribution in [3.8, 4) is 22.8 Å². The molecular weight excluding hydrogens is 348 g/mol. The van der Waals surface area contributed by atoms with Crippen LogP contribution in [0.15, 0.2) is 54.6 Å². The van der Waals surface area contributed by atoms with Crippen LogP contribution in [0.1, 0.15) is 42.9 Å². The summed E-state index contributed by atoms with van der Waals surface area (Å²) in [6.45, 7) is 0. The lowest BCUT2D eigenvalue weighted by Gasteiger charge is -2.28. The molecule has 0 bridgehead atoms. The molecule has 0 atom stereocenters. The second-order valence-electron chi connectivity index (χ2n) is 7.68. The van der Waals surface area contributed by atoms with Crippen LogP contribution in [0.4, 0.5) is 0 Å². The van der Waals surface area contributed by atoms with Gasteiger partial charge in [0.1, 0.15) is 0 Å². The Morgan fingerprint density at radius 1 is 0.893 bits per heavy atom. The summed E-state index contributed by atoms with van der Waals surface area (Å²) in [5.41, 5.74) is 4.70. The highest BCUT2D eigenvalue weighted by molar-refractivity contribution is 5.64. The van der Waals surface area contributed by atoms with Gasteiger partial charge in [0, 0.05) is 11.3 Å². The van der Waals surface area contributed by atoms with Crippen molar-refractivity contribution in [3.63, 3.8) is 0 Å². The average molecular weight is 377 g/mol. The average Bonchev–Trinajstić information content (AvgIpc) is 3.23. The van der Waals surface area contributed by atoms with Crippen molar-refractivity contribution in [1.29, 1.82) is 0 Å². The third kappa shape index (κ3) is 4.06. The maximum absolute atomic E-state index is 5.41. The van der Waals surface area contributed by atoms with Gasteiger partial charge in [-0.25, -0.2) is 0 Å². The van der Waals surface area contributed by atoms with Crippen LogP contribution < -0.4 is 9.47 Å². The van der Waals surface area contributed by atoms with Crippen molar-refractivity contribution in [3.05, 3.63) is 65.9 Å². The minimum atomic E-state index is 0.724. The first kappa shape index (κ1) is 18.6. The zero-order valence-electron chi connectivity index (χ0n) is 16.7. The Hall–Kier alpha value is -2.75. The molecule has 146 valence electrons. The van der Waals surface area contributed by atoms with Crippen LogP contribution in [0, 0.1) is 5.92 Å². The molecule has 1 aromatic heterocycles. The Labute approximate surface area is 166 Å². The quantitative estimate of drug-likeness (QED) is 0.608. The number of hydrogen-bond donors (Lipinski definition) is 1. The Kier molecular flexibility index (Phi) is 5.65. The smallest absolute Gasteiger partial charge is 0.161 e. The fraction of sp³-hybridized carbons (Fsp3) is 0.375. The number of aromatic nitrogens is 2. The highest BCUT2D eigenvalue weighted by Gasteiger charge is 2.23. The molecule has 4 nitrogen and oxygen atoms in total. The molecule has 2 aromatic carbocycles. The predicted octanol–water partition coefficient (Wildman–Crippen LogP) is 5.61. The van der Waals surface area contributed by atoms with E-state index in [0.717, 1.165) is 41.0 Å². The standard InChI is InChI=1S/C24H28N2O2/c1-27-23-13-12-20(15-24(23)28-2)22-16-21(25-26-22)14-17-8-10-19(11-9-17)18-6-4-3-5-7-18/h3-7,12-13,15-17,19H,8-11,14H2,1-2H3,(H,25,26). The first-order valence-corrected chi connectivity index (χ1v) is 10.1. The molecule has 3 aromatic rings. The van der Waals surface area contributed by atoms with Gasteiger partial charge in [0.15, 0.2) is 11.5 Å². The number of aromatic amines is 1. The van der Waals surface area contributed by atoms with Gasteiger partial charge < -0.3 is 9.47 Å². The molecule has 0 amide bonds. The van der Waals surface area contributed by atoms with E-state index < -0.39 is 0 Å². The Bertz CT molecular complexity index is 896. The van der Waals surface area contributed by atoms with E-state index in [1.807, 2.05) is 18.2 Å². The first-order chi connectivity index (χ1) is 13.8. The second kappa shape index (κ2) is 8.51. The maximum atomic E-state index is 5.41. The number of benzene rings is 2. The van der Waals surface area contributed by atoms with Crippen LogP contribution in [-0.4, -0.2) is 24.4 Å². The maximum Gasteiger partial charge on any atom is 0.161 e. The highest BCUT2D eigenvalue weighted by Crippen LogP contribution is 2.37. The number of methoxy groups -OCH3 is 2. The summed E-state index contributed by atoms with van der Waals surface area (Å²) in [6, 6.07) is 19.0. The van der Waals surface area contributed by atoms with Crippen LogP contribution >= 0.6 is 0 Å². The third-order valence-electron chi connectivity index (χ3n) is 5.94. The fourth-order valence-corrected chi connectivity index (χ4v) is 4.35. The van der Waals surface area contributed by atoms with Gasteiger partial charge in [0.2, 0.25) is 0 Å². The number of rotatable bonds is 6. The van der Waals surface area contributed by atoms with E-state index in [2.05, 4.69) is 46.6 Å². The van der Waals surface area contributed by atoms with Crippen molar-refractivity contribution in [1.82, 2.24) is 10.2 Å². The zero-order valence-corrected chi connectivity index (χ0v) is 16.7. The van der Waals surface area contributed by atoms with Crippen LogP contribution in [0.3, 0.4) is 0 Å². The van der Waals surface area contributed by atoms with Gasteiger partial charge in [0.25, 0.3) is 0 Å². The van der Waals surface area contributed by atoms with Gasteiger partial charge in [-0.2, -0.15) is 5.10 Å². The number of ether oxygens (including phenoxy) is 2. The molecule has 1 aliphatic rings. The van der Waals surface area contributed by atoms with Crippen LogP contribution in [0.2, 0.25) is 0 Å². The van der Waals surface area contributed by atoms with Gasteiger partial charge >= 0.3 is 0 Å². The molecule has 1 saturated carbocycles. The fourth-order valence-electron chi connectivity index (χ4n) is 4.35. The SMILES string of the molecule is COc1ccc(-c2cc(CC3CCC(c4ccccc4)CC3)[nH]n2)cc1OC. The Balaban J connectivity index is 1.38. The lowest BCUT2D eigenvalue weighted by molar-refractivity contribution is 0.322. The van der Waals surface area contributed by atoms with Crippen LogP contribution in [0.25, 0.3) is 11.3 Å². The molecule has 0 aliphatic heterocycles. The summed E-state index contributed by atoms with van der Waals surface area (Å²) in [5, 5.41) is 7.76. The topological polar surface area (TPSA) is 47.1 Å². The van der Waals surface area contributed by atoms with Crippen molar-refractivity contribution in [2.24, 2.45) is 5.92 Å². The molecule has 1 aliphatic carbocycles. The third-order valence-corrected chi connectivity index (χ3v) is 5.94. The lowest BCUT2D eigenvalue weighted by Crippen LogP contribution is -2.15. The molecule has 0 radical (unpaired) electrons. The van der Waals surface area contributed by atoms with Crippen molar-refractivity contribution in [2.45, 2.75) is 38.0 Å². The van der Waals surface area contributed by atoms with E-state index in [1.165, 1.54) is 36.9 Å². The van der Waals surface area contributed by atoms with Gasteiger partial charge in [-0.3, -0.25) is 5.10 Å². The summed E-state index contributed by atoms with van der Waals surface area (Å²) < 4.78 is 10.7. The van der Waals surface area contributed by atoms with E-state index in [0.29, 0.717) is 0 Å². The zero-order chi connectivity index (χ0) is 19.3. The molecule has 0 spiro atoms. The minimum absolute atomic E-state index is 0.724. The molecule has 1 N–H and O–H groups in total. The number of H-pyrrole nitrogens is 1. The van der Waals surface area contributed by atoms with Crippen LogP contribution in [0.5, 0.6) is 11.5 Å². The molecule has 4 heteroatoms. The normalized spacial score (nSPS) is 19.4. The molecule has 0 saturated heterocycles. The Morgan fingerprint density at radius 3 is 2.36 bits per heavy atom. The lowest BCUT2D eigenvalue weighted by atomic mass is 9.77. The summed E-state index contributed by atoms with van der Waals surface area (Å²) >= 11 is 0. The Morgan fingerprint density at radius 2 is 1.64 bits per heavy atom. The molecule has 0 unspecified atom stereocenters. The van der Waals surface area contributed by atoms with E-state index in [1.54, 1.807) is 14.2 Å². The van der Waals surface area contributed by atoms with Gasteiger partial charge in [-0.05, 0) is 73.8 Å². The second-order valence-corrected chi connectivity index (χ2v) is 7.68. The molecule has 1 fully saturated rings. The minimum Gasteiger partial charge on any atom is -0.493 e. The van der Waals surface area contributed by atoms with E-state index in [9.17, 15) is 0 Å². The molecule has 4 rings (SSSR count). The van der Waals surface area contributed by atoms with E-state index in [4.69, 9.17) is 9.47 Å². The molecule has 1 heterocycles. The number of nitrogens with zero attached hydrogens (tertiary/aromatic N) is 1. The largest absolute Gasteiger partial charge is 0.493 e. The van der Waals surface area contributed by atoms with E-state index in [-0.39, 0.29) is 0 Å². The summed E-state index contributed by atoms with van der Waals surface area (Å²) in [7, 11) is 3.31. The monoisotopic (exact) mass is 376 g/mol. The van der Waals surface area contributed by atoms with Crippen molar-refractivity contribution >= 4 is 0 Å². The van der Waals surface area contributed by atoms with E-state index >= 15 is 0 Å². The van der Waals surface area contributed by atoms with Gasteiger partial charge in [0.05, 0.1) is 19.9 Å². The summed E-state index contributed by atoms with van der Waals surface area (Å²) in [4.78, 5) is 0. The summed E-state index contributed by atoms with van der Waals surface area (Å²) in [6.07, 6.45) is 6.20. The van der Waals surface area contributed by atoms with Gasteiger partial charge in [-0.15, -0.1) is 0 Å². The first-order valence-electron chi connectivity index (χ1n) is 10.1. The van der Waals surface area contributed by atoms with Crippen LogP contribution in [-0.2, 0) is 6.42 Å². The predicted molar refractivity (Wildman–Crippen MR) is 112 cm³/mol. The summed E-state index contributed by atoms with van der Waals surface area (Å²) in [5.74, 6) is 2.92. The van der Waals surface area contributed by atoms with Gasteiger partial charge in [-0.1, -0.05) is 30.3 Å². The molecule has 28 heavy (non-hydrogen) atoms. The number of hydrogen-bond acceptors (Lipinski definition) is 3. The number of nitrogens with one attached hydrogen (secondary N) is 1. The van der Waals surface area contributed by atoms with Crippen molar-refractivity contribution < 1.29 is 9.47 Å². The highest BCUT2D eigenvalue weighted by atomic mass is 16.5. The van der Waals surface area contributed by atoms with Crippen molar-refractivity contribution in [2.75, 3.05) is 14.2 Å².